The molecule has 2 aromatic rings. The van der Waals surface area contributed by atoms with Crippen LogP contribution in [0.5, 0.6) is 0 Å². The highest BCUT2D eigenvalue weighted by Gasteiger charge is 2.34. The van der Waals surface area contributed by atoms with Crippen LogP contribution in [-0.4, -0.2) is 48.1 Å². The number of hydrogen-bond donors (Lipinski definition) is 2. The molecule has 1 aliphatic rings. The molecule has 1 saturated heterocycles. The maximum atomic E-state index is 12.4. The number of nitrogens with one attached hydrogen (secondary N) is 2. The first-order chi connectivity index (χ1) is 10.9. The number of halogens is 3. The van der Waals surface area contributed by atoms with E-state index in [1.54, 1.807) is 6.07 Å². The first-order valence-corrected chi connectivity index (χ1v) is 7.56. The average Bonchev–Trinajstić information content (AvgIpc) is 3.09. The van der Waals surface area contributed by atoms with Crippen molar-refractivity contribution < 1.29 is 18.0 Å². The summed E-state index contributed by atoms with van der Waals surface area (Å²) in [5.74, 6) is -0.166. The molecule has 2 heterocycles. The summed E-state index contributed by atoms with van der Waals surface area (Å²) in [6.07, 6.45) is -3.49. The van der Waals surface area contributed by atoms with Gasteiger partial charge in [-0.15, -0.1) is 0 Å². The molecule has 1 atom stereocenters. The normalized spacial score (nSPS) is 19.3. The van der Waals surface area contributed by atoms with Crippen molar-refractivity contribution in [1.29, 1.82) is 0 Å². The predicted molar refractivity (Wildman–Crippen MR) is 81.2 cm³/mol. The third-order valence-corrected chi connectivity index (χ3v) is 4.10. The lowest BCUT2D eigenvalue weighted by atomic mass is 10.1. The van der Waals surface area contributed by atoms with E-state index in [0.717, 1.165) is 10.9 Å². The third kappa shape index (κ3) is 4.04. The third-order valence-electron chi connectivity index (χ3n) is 4.10. The van der Waals surface area contributed by atoms with Crippen molar-refractivity contribution in [1.82, 2.24) is 15.2 Å². The highest BCUT2D eigenvalue weighted by molar-refractivity contribution is 5.97. The van der Waals surface area contributed by atoms with E-state index < -0.39 is 12.7 Å². The fourth-order valence-electron chi connectivity index (χ4n) is 3.00. The summed E-state index contributed by atoms with van der Waals surface area (Å²) in [7, 11) is 0. The minimum Gasteiger partial charge on any atom is -0.351 e. The summed E-state index contributed by atoms with van der Waals surface area (Å²) < 4.78 is 37.1. The molecular weight excluding hydrogens is 307 g/mol. The molecule has 4 nitrogen and oxygen atoms in total. The van der Waals surface area contributed by atoms with Gasteiger partial charge in [0.05, 0.1) is 6.54 Å². The molecule has 0 spiro atoms. The molecular formula is C16H18F3N3O. The average molecular weight is 325 g/mol. The molecule has 124 valence electrons. The number of benzene rings is 1. The molecule has 3 rings (SSSR count). The number of H-pyrrole nitrogens is 1. The van der Waals surface area contributed by atoms with Gasteiger partial charge in [0.15, 0.2) is 0 Å². The van der Waals surface area contributed by atoms with Crippen LogP contribution in [0.15, 0.2) is 30.3 Å². The van der Waals surface area contributed by atoms with E-state index in [9.17, 15) is 18.0 Å². The van der Waals surface area contributed by atoms with Crippen LogP contribution in [-0.2, 0) is 0 Å². The zero-order valence-electron chi connectivity index (χ0n) is 12.5. The molecule has 1 aromatic heterocycles. The Bertz CT molecular complexity index is 662. The number of likely N-dealkylation sites (tertiary alicyclic amines) is 1. The lowest BCUT2D eigenvalue weighted by Crippen LogP contribution is -2.34. The van der Waals surface area contributed by atoms with Crippen molar-refractivity contribution in [2.24, 2.45) is 5.92 Å². The van der Waals surface area contributed by atoms with Crippen LogP contribution in [0.4, 0.5) is 13.2 Å². The topological polar surface area (TPSA) is 48.1 Å². The fourth-order valence-corrected chi connectivity index (χ4v) is 3.00. The number of hydrogen-bond acceptors (Lipinski definition) is 2. The van der Waals surface area contributed by atoms with Gasteiger partial charge in [0.25, 0.3) is 5.91 Å². The number of alkyl halides is 3. The number of amides is 1. The van der Waals surface area contributed by atoms with Crippen molar-refractivity contribution in [3.05, 3.63) is 36.0 Å². The molecule has 1 aliphatic heterocycles. The van der Waals surface area contributed by atoms with E-state index in [1.165, 1.54) is 4.90 Å². The molecule has 1 aromatic carbocycles. The van der Waals surface area contributed by atoms with E-state index in [1.807, 2.05) is 24.3 Å². The van der Waals surface area contributed by atoms with Crippen LogP contribution in [0.2, 0.25) is 0 Å². The first-order valence-electron chi connectivity index (χ1n) is 7.56. The molecule has 0 aliphatic carbocycles. The van der Waals surface area contributed by atoms with Crippen LogP contribution < -0.4 is 5.32 Å². The molecule has 23 heavy (non-hydrogen) atoms. The second kappa shape index (κ2) is 6.23. The molecule has 7 heteroatoms. The Morgan fingerprint density at radius 3 is 2.87 bits per heavy atom. The highest BCUT2D eigenvalue weighted by atomic mass is 19.4. The second-order valence-corrected chi connectivity index (χ2v) is 5.99. The minimum atomic E-state index is -4.16. The smallest absolute Gasteiger partial charge is 0.351 e. The van der Waals surface area contributed by atoms with E-state index in [4.69, 9.17) is 0 Å². The van der Waals surface area contributed by atoms with Gasteiger partial charge in [-0.05, 0) is 31.0 Å². The zero-order chi connectivity index (χ0) is 16.4. The number of para-hydroxylation sites is 1. The lowest BCUT2D eigenvalue weighted by Gasteiger charge is -2.17. The molecule has 2 N–H and O–H groups in total. The summed E-state index contributed by atoms with van der Waals surface area (Å²) >= 11 is 0. The van der Waals surface area contributed by atoms with E-state index >= 15 is 0 Å². The Balaban J connectivity index is 1.51. The molecule has 0 radical (unpaired) electrons. The summed E-state index contributed by atoms with van der Waals surface area (Å²) in [4.78, 5) is 16.6. The van der Waals surface area contributed by atoms with Gasteiger partial charge >= 0.3 is 6.18 Å². The van der Waals surface area contributed by atoms with E-state index in [2.05, 4.69) is 10.3 Å². The van der Waals surface area contributed by atoms with Gasteiger partial charge in [-0.2, -0.15) is 13.2 Å². The number of aromatic nitrogens is 1. The molecule has 0 unspecified atom stereocenters. The quantitative estimate of drug-likeness (QED) is 0.908. The van der Waals surface area contributed by atoms with Crippen LogP contribution in [0.25, 0.3) is 10.9 Å². The maximum absolute atomic E-state index is 12.4. The van der Waals surface area contributed by atoms with Gasteiger partial charge < -0.3 is 10.3 Å². The van der Waals surface area contributed by atoms with Crippen molar-refractivity contribution in [2.45, 2.75) is 12.6 Å². The van der Waals surface area contributed by atoms with Crippen LogP contribution in [0.1, 0.15) is 16.9 Å². The Kier molecular flexibility index (Phi) is 4.30. The summed E-state index contributed by atoms with van der Waals surface area (Å²) in [5.41, 5.74) is 1.35. The minimum absolute atomic E-state index is 0.0608. The molecule has 0 bridgehead atoms. The first kappa shape index (κ1) is 15.9. The number of aromatic amines is 1. The number of carbonyl (C=O) groups excluding carboxylic acids is 1. The second-order valence-electron chi connectivity index (χ2n) is 5.99. The van der Waals surface area contributed by atoms with Gasteiger partial charge in [-0.25, -0.2) is 0 Å². The van der Waals surface area contributed by atoms with Gasteiger partial charge in [0, 0.05) is 24.0 Å². The van der Waals surface area contributed by atoms with E-state index in [-0.39, 0.29) is 11.8 Å². The monoisotopic (exact) mass is 325 g/mol. The van der Waals surface area contributed by atoms with Crippen molar-refractivity contribution in [2.75, 3.05) is 26.2 Å². The zero-order valence-corrected chi connectivity index (χ0v) is 12.5. The van der Waals surface area contributed by atoms with E-state index in [0.29, 0.717) is 31.7 Å². The number of nitrogens with zero attached hydrogens (tertiary/aromatic N) is 1. The Morgan fingerprint density at radius 1 is 1.35 bits per heavy atom. The van der Waals surface area contributed by atoms with Crippen molar-refractivity contribution in [3.8, 4) is 0 Å². The predicted octanol–water partition coefficient (Wildman–Crippen LogP) is 2.78. The van der Waals surface area contributed by atoms with Gasteiger partial charge in [-0.1, -0.05) is 18.2 Å². The largest absolute Gasteiger partial charge is 0.401 e. The van der Waals surface area contributed by atoms with Crippen molar-refractivity contribution >= 4 is 16.8 Å². The summed E-state index contributed by atoms with van der Waals surface area (Å²) in [6.45, 7) is 0.306. The summed E-state index contributed by atoms with van der Waals surface area (Å²) in [5, 5.41) is 3.76. The Morgan fingerprint density at radius 2 is 2.13 bits per heavy atom. The van der Waals surface area contributed by atoms with Crippen LogP contribution in [0.3, 0.4) is 0 Å². The number of fused-ring (bicyclic) bond motifs is 1. The van der Waals surface area contributed by atoms with Crippen molar-refractivity contribution in [3.63, 3.8) is 0 Å². The standard InChI is InChI=1S/C16H18F3N3O/c17-16(18,19)10-22-6-5-11(9-22)8-20-15(23)14-7-12-3-1-2-4-13(12)21-14/h1-4,7,11,21H,5-6,8-10H2,(H,20,23)/t11-/m1/s1. The SMILES string of the molecule is O=C(NC[C@H]1CCN(CC(F)(F)F)C1)c1cc2ccccc2[nH]1. The maximum Gasteiger partial charge on any atom is 0.401 e. The Labute approximate surface area is 131 Å². The fraction of sp³-hybridized carbons (Fsp3) is 0.438. The summed E-state index contributed by atoms with van der Waals surface area (Å²) in [6, 6.07) is 9.35. The molecule has 1 amide bonds. The van der Waals surface area contributed by atoms with Gasteiger partial charge in [0.1, 0.15) is 5.69 Å². The molecule has 0 saturated carbocycles. The highest BCUT2D eigenvalue weighted by Crippen LogP contribution is 2.22. The number of rotatable bonds is 4. The van der Waals surface area contributed by atoms with Gasteiger partial charge in [-0.3, -0.25) is 9.69 Å². The van der Waals surface area contributed by atoms with Crippen LogP contribution in [0, 0.1) is 5.92 Å². The Hall–Kier alpha value is -2.02. The lowest BCUT2D eigenvalue weighted by molar-refractivity contribution is -0.143. The van der Waals surface area contributed by atoms with Crippen LogP contribution >= 0.6 is 0 Å². The molecule has 1 fully saturated rings. The number of carbonyl (C=O) groups is 1. The van der Waals surface area contributed by atoms with Gasteiger partial charge in [0.2, 0.25) is 0 Å².